The number of carbonyl (C=O) groups is 1. The Hall–Kier alpha value is -1.84. The molecule has 0 aliphatic rings. The maximum absolute atomic E-state index is 13.3. The molecular weight excluding hydrogens is 384 g/mol. The third-order valence-corrected chi connectivity index (χ3v) is 6.14. The summed E-state index contributed by atoms with van der Waals surface area (Å²) in [5.74, 6) is -2.03. The summed E-state index contributed by atoms with van der Waals surface area (Å²) < 4.78 is 27.2. The summed E-state index contributed by atoms with van der Waals surface area (Å²) in [6, 6.07) is 3.58. The molecule has 0 radical (unpaired) electrons. The van der Waals surface area contributed by atoms with Gasteiger partial charge in [0.2, 0.25) is 5.91 Å². The van der Waals surface area contributed by atoms with Gasteiger partial charge in [-0.2, -0.15) is 0 Å². The molecule has 0 bridgehead atoms. The standard InChI is InChI=1S/C16H13F2N3OS3/c1-8-6-24-16(19-8)25-9(2)14(22)21-15-20-13(7-23-15)10-3-4-11(17)12(18)5-10/h3-7,9H,1-2H3,(H,20,21,22)/t9-/m0/s1. The Labute approximate surface area is 155 Å². The van der Waals surface area contributed by atoms with Crippen LogP contribution in [-0.4, -0.2) is 21.1 Å². The summed E-state index contributed by atoms with van der Waals surface area (Å²) in [7, 11) is 0. The van der Waals surface area contributed by atoms with Gasteiger partial charge in [-0.25, -0.2) is 18.7 Å². The SMILES string of the molecule is Cc1csc(S[C@@H](C)C(=O)Nc2nc(-c3ccc(F)c(F)c3)cs2)n1. The highest BCUT2D eigenvalue weighted by molar-refractivity contribution is 8.02. The van der Waals surface area contributed by atoms with Crippen molar-refractivity contribution in [3.8, 4) is 11.3 Å². The number of hydrogen-bond donors (Lipinski definition) is 1. The minimum absolute atomic E-state index is 0.191. The molecule has 3 aromatic rings. The first-order chi connectivity index (χ1) is 11.9. The summed E-state index contributed by atoms with van der Waals surface area (Å²) in [5.41, 5.74) is 1.86. The minimum Gasteiger partial charge on any atom is -0.301 e. The second kappa shape index (κ2) is 7.59. The minimum atomic E-state index is -0.931. The third kappa shape index (κ3) is 4.42. The Bertz CT molecular complexity index is 910. The molecule has 3 rings (SSSR count). The van der Waals surface area contributed by atoms with Gasteiger partial charge in [-0.15, -0.1) is 22.7 Å². The second-order valence-corrected chi connectivity index (χ2v) is 8.48. The monoisotopic (exact) mass is 397 g/mol. The summed E-state index contributed by atoms with van der Waals surface area (Å²) in [5, 5.41) is 6.44. The lowest BCUT2D eigenvalue weighted by molar-refractivity contribution is -0.115. The van der Waals surface area contributed by atoms with E-state index in [1.54, 1.807) is 12.3 Å². The van der Waals surface area contributed by atoms with Crippen molar-refractivity contribution >= 4 is 45.5 Å². The molecule has 0 saturated heterocycles. The van der Waals surface area contributed by atoms with Crippen molar-refractivity contribution < 1.29 is 13.6 Å². The van der Waals surface area contributed by atoms with Crippen LogP contribution < -0.4 is 5.32 Å². The summed E-state index contributed by atoms with van der Waals surface area (Å²) in [6.07, 6.45) is 0. The number of hydrogen-bond acceptors (Lipinski definition) is 6. The van der Waals surface area contributed by atoms with Gasteiger partial charge in [0.1, 0.15) is 0 Å². The van der Waals surface area contributed by atoms with Gasteiger partial charge in [0, 0.05) is 22.0 Å². The molecule has 1 amide bonds. The van der Waals surface area contributed by atoms with Crippen molar-refractivity contribution in [2.24, 2.45) is 0 Å². The van der Waals surface area contributed by atoms with Crippen LogP contribution in [0.3, 0.4) is 0 Å². The number of nitrogens with one attached hydrogen (secondary N) is 1. The predicted octanol–water partition coefficient (Wildman–Crippen LogP) is 4.97. The molecule has 1 aromatic carbocycles. The molecule has 0 spiro atoms. The number of rotatable bonds is 5. The Morgan fingerprint density at radius 2 is 2.00 bits per heavy atom. The third-order valence-electron chi connectivity index (χ3n) is 3.19. The number of benzene rings is 1. The van der Waals surface area contributed by atoms with E-state index < -0.39 is 11.6 Å². The fourth-order valence-electron chi connectivity index (χ4n) is 1.92. The number of carbonyl (C=O) groups excluding carboxylic acids is 1. The number of nitrogens with zero attached hydrogens (tertiary/aromatic N) is 2. The smallest absolute Gasteiger partial charge is 0.239 e. The lowest BCUT2D eigenvalue weighted by Crippen LogP contribution is -2.22. The molecule has 0 fully saturated rings. The number of anilines is 1. The van der Waals surface area contributed by atoms with Crippen LogP contribution in [0, 0.1) is 18.6 Å². The Kier molecular flexibility index (Phi) is 5.45. The predicted molar refractivity (Wildman–Crippen MR) is 98.3 cm³/mol. The molecular formula is C16H13F2N3OS3. The second-order valence-electron chi connectivity index (χ2n) is 5.17. The molecule has 0 saturated carbocycles. The van der Waals surface area contributed by atoms with Crippen LogP contribution in [0.4, 0.5) is 13.9 Å². The summed E-state index contributed by atoms with van der Waals surface area (Å²) in [6.45, 7) is 3.70. The van der Waals surface area contributed by atoms with E-state index in [4.69, 9.17) is 0 Å². The van der Waals surface area contributed by atoms with E-state index >= 15 is 0 Å². The quantitative estimate of drug-likeness (QED) is 0.618. The zero-order valence-electron chi connectivity index (χ0n) is 13.2. The summed E-state index contributed by atoms with van der Waals surface area (Å²) >= 11 is 4.11. The van der Waals surface area contributed by atoms with Crippen molar-refractivity contribution in [3.05, 3.63) is 46.3 Å². The van der Waals surface area contributed by atoms with Gasteiger partial charge in [-0.05, 0) is 32.0 Å². The summed E-state index contributed by atoms with van der Waals surface area (Å²) in [4.78, 5) is 20.9. The average molecular weight is 397 g/mol. The first-order valence-electron chi connectivity index (χ1n) is 7.23. The van der Waals surface area contributed by atoms with Gasteiger partial charge in [-0.1, -0.05) is 11.8 Å². The van der Waals surface area contributed by atoms with Crippen LogP contribution in [0.2, 0.25) is 0 Å². The number of thioether (sulfide) groups is 1. The number of thiazole rings is 2. The molecule has 0 aliphatic heterocycles. The van der Waals surface area contributed by atoms with E-state index in [0.29, 0.717) is 16.4 Å². The molecule has 9 heteroatoms. The molecule has 130 valence electrons. The zero-order chi connectivity index (χ0) is 18.0. The normalized spacial score (nSPS) is 12.2. The highest BCUT2D eigenvalue weighted by Crippen LogP contribution is 2.29. The number of aryl methyl sites for hydroxylation is 1. The maximum atomic E-state index is 13.3. The highest BCUT2D eigenvalue weighted by atomic mass is 32.2. The average Bonchev–Trinajstić information content (AvgIpc) is 3.19. The number of aromatic nitrogens is 2. The van der Waals surface area contributed by atoms with Crippen LogP contribution in [0.25, 0.3) is 11.3 Å². The molecule has 4 nitrogen and oxygen atoms in total. The van der Waals surface area contributed by atoms with E-state index in [0.717, 1.165) is 22.2 Å². The van der Waals surface area contributed by atoms with Gasteiger partial charge < -0.3 is 5.32 Å². The highest BCUT2D eigenvalue weighted by Gasteiger charge is 2.18. The number of amides is 1. The molecule has 1 atom stereocenters. The molecule has 1 N–H and O–H groups in total. The lowest BCUT2D eigenvalue weighted by atomic mass is 10.2. The molecule has 0 aliphatic carbocycles. The van der Waals surface area contributed by atoms with Crippen LogP contribution in [0.1, 0.15) is 12.6 Å². The van der Waals surface area contributed by atoms with Crippen molar-refractivity contribution in [1.82, 2.24) is 9.97 Å². The van der Waals surface area contributed by atoms with Crippen LogP contribution in [0.15, 0.2) is 33.3 Å². The number of halogens is 2. The topological polar surface area (TPSA) is 54.9 Å². The largest absolute Gasteiger partial charge is 0.301 e. The van der Waals surface area contributed by atoms with Crippen molar-refractivity contribution in [2.75, 3.05) is 5.32 Å². The first-order valence-corrected chi connectivity index (χ1v) is 9.87. The maximum Gasteiger partial charge on any atom is 0.239 e. The van der Waals surface area contributed by atoms with E-state index in [1.807, 2.05) is 12.3 Å². The molecule has 2 heterocycles. The van der Waals surface area contributed by atoms with Gasteiger partial charge in [0.15, 0.2) is 21.1 Å². The van der Waals surface area contributed by atoms with E-state index in [1.165, 1.54) is 40.5 Å². The fraction of sp³-hybridized carbons (Fsp3) is 0.188. The Balaban J connectivity index is 1.66. The van der Waals surface area contributed by atoms with E-state index in [9.17, 15) is 13.6 Å². The van der Waals surface area contributed by atoms with E-state index in [2.05, 4.69) is 15.3 Å². The molecule has 2 aromatic heterocycles. The van der Waals surface area contributed by atoms with Gasteiger partial charge in [-0.3, -0.25) is 4.79 Å². The van der Waals surface area contributed by atoms with Crippen molar-refractivity contribution in [2.45, 2.75) is 23.4 Å². The van der Waals surface area contributed by atoms with Crippen molar-refractivity contribution in [1.29, 1.82) is 0 Å². The van der Waals surface area contributed by atoms with Crippen LogP contribution in [0.5, 0.6) is 0 Å². The van der Waals surface area contributed by atoms with Crippen LogP contribution in [-0.2, 0) is 4.79 Å². The molecule has 0 unspecified atom stereocenters. The molecule has 25 heavy (non-hydrogen) atoms. The fourth-order valence-corrected chi connectivity index (χ4v) is 4.63. The van der Waals surface area contributed by atoms with Gasteiger partial charge >= 0.3 is 0 Å². The first kappa shape index (κ1) is 18.0. The van der Waals surface area contributed by atoms with Gasteiger partial charge in [0.25, 0.3) is 0 Å². The zero-order valence-corrected chi connectivity index (χ0v) is 15.7. The van der Waals surface area contributed by atoms with Crippen LogP contribution >= 0.6 is 34.4 Å². The Morgan fingerprint density at radius 1 is 1.20 bits per heavy atom. The Morgan fingerprint density at radius 3 is 2.68 bits per heavy atom. The van der Waals surface area contributed by atoms with Crippen molar-refractivity contribution in [3.63, 3.8) is 0 Å². The van der Waals surface area contributed by atoms with Gasteiger partial charge in [0.05, 0.1) is 10.9 Å². The van der Waals surface area contributed by atoms with E-state index in [-0.39, 0.29) is 11.2 Å². The lowest BCUT2D eigenvalue weighted by Gasteiger charge is -2.08.